The fourth-order valence-electron chi connectivity index (χ4n) is 1.86. The minimum absolute atomic E-state index is 0.129. The van der Waals surface area contributed by atoms with Crippen LogP contribution in [-0.4, -0.2) is 21.8 Å². The van der Waals surface area contributed by atoms with Gasteiger partial charge in [0.25, 0.3) is 0 Å². The van der Waals surface area contributed by atoms with Crippen LogP contribution in [0.5, 0.6) is 0 Å². The van der Waals surface area contributed by atoms with Gasteiger partial charge in [-0.2, -0.15) is 5.10 Å². The largest absolute Gasteiger partial charge is 0.308 e. The van der Waals surface area contributed by atoms with E-state index in [2.05, 4.69) is 22.3 Å². The molecule has 4 nitrogen and oxygen atoms in total. The van der Waals surface area contributed by atoms with Crippen molar-refractivity contribution in [1.82, 2.24) is 20.1 Å². The van der Waals surface area contributed by atoms with E-state index in [0.29, 0.717) is 0 Å². The summed E-state index contributed by atoms with van der Waals surface area (Å²) in [5.41, 5.74) is 3.42. The first-order chi connectivity index (χ1) is 7.72. The molecule has 1 N–H and O–H groups in total. The highest BCUT2D eigenvalue weighted by atomic mass is 15.3. The molecule has 1 unspecified atom stereocenters. The molecular weight excluding hydrogens is 200 g/mol. The van der Waals surface area contributed by atoms with Gasteiger partial charge in [-0.25, -0.2) is 0 Å². The maximum atomic E-state index is 4.43. The van der Waals surface area contributed by atoms with Gasteiger partial charge in [0.15, 0.2) is 0 Å². The van der Waals surface area contributed by atoms with E-state index in [-0.39, 0.29) is 6.04 Å². The minimum atomic E-state index is 0.129. The third-order valence-electron chi connectivity index (χ3n) is 2.69. The molecule has 0 fully saturated rings. The van der Waals surface area contributed by atoms with Crippen LogP contribution in [0.25, 0.3) is 0 Å². The average Bonchev–Trinajstić information content (AvgIpc) is 2.69. The van der Waals surface area contributed by atoms with Crippen molar-refractivity contribution in [3.8, 4) is 0 Å². The fraction of sp³-hybridized carbons (Fsp3) is 0.333. The molecule has 0 amide bonds. The van der Waals surface area contributed by atoms with E-state index in [1.165, 1.54) is 11.1 Å². The summed E-state index contributed by atoms with van der Waals surface area (Å²) in [6.07, 6.45) is 5.65. The van der Waals surface area contributed by atoms with Crippen molar-refractivity contribution >= 4 is 0 Å². The molecule has 2 aromatic rings. The summed E-state index contributed by atoms with van der Waals surface area (Å²) >= 11 is 0. The Bertz CT molecular complexity index is 475. The first-order valence-corrected chi connectivity index (χ1v) is 5.29. The predicted molar refractivity (Wildman–Crippen MR) is 63.1 cm³/mol. The highest BCUT2D eigenvalue weighted by Gasteiger charge is 2.16. The second-order valence-corrected chi connectivity index (χ2v) is 3.87. The molecule has 0 aliphatic carbocycles. The van der Waals surface area contributed by atoms with Crippen LogP contribution < -0.4 is 5.32 Å². The maximum Gasteiger partial charge on any atom is 0.0839 e. The van der Waals surface area contributed by atoms with Gasteiger partial charge in [0.05, 0.1) is 11.7 Å². The van der Waals surface area contributed by atoms with Gasteiger partial charge in [0.2, 0.25) is 0 Å². The Morgan fingerprint density at radius 1 is 1.38 bits per heavy atom. The topological polar surface area (TPSA) is 42.7 Å². The van der Waals surface area contributed by atoms with Gasteiger partial charge in [-0.1, -0.05) is 0 Å². The average molecular weight is 216 g/mol. The minimum Gasteiger partial charge on any atom is -0.308 e. The smallest absolute Gasteiger partial charge is 0.0839 e. The second kappa shape index (κ2) is 4.45. The first kappa shape index (κ1) is 10.8. The Morgan fingerprint density at radius 3 is 2.75 bits per heavy atom. The normalized spacial score (nSPS) is 12.7. The number of nitrogens with one attached hydrogen (secondary N) is 1. The lowest BCUT2D eigenvalue weighted by atomic mass is 10.0. The van der Waals surface area contributed by atoms with Crippen LogP contribution in [0, 0.1) is 6.92 Å². The van der Waals surface area contributed by atoms with Crippen LogP contribution >= 0.6 is 0 Å². The summed E-state index contributed by atoms with van der Waals surface area (Å²) in [6.45, 7) is 2.07. The SMILES string of the molecule is CNC(c1ccn(C)n1)c1ccncc1C. The lowest BCUT2D eigenvalue weighted by molar-refractivity contribution is 0.638. The molecule has 0 aromatic carbocycles. The molecule has 0 radical (unpaired) electrons. The molecule has 0 saturated carbocycles. The van der Waals surface area contributed by atoms with Gasteiger partial charge in [0.1, 0.15) is 0 Å². The van der Waals surface area contributed by atoms with Crippen molar-refractivity contribution in [3.05, 3.63) is 47.5 Å². The summed E-state index contributed by atoms with van der Waals surface area (Å²) in [4.78, 5) is 4.11. The lowest BCUT2D eigenvalue weighted by Crippen LogP contribution is -2.19. The van der Waals surface area contributed by atoms with Crippen molar-refractivity contribution in [3.63, 3.8) is 0 Å². The molecule has 1 atom stereocenters. The predicted octanol–water partition coefficient (Wildman–Crippen LogP) is 1.43. The van der Waals surface area contributed by atoms with Crippen molar-refractivity contribution in [2.24, 2.45) is 7.05 Å². The molecular formula is C12H16N4. The van der Waals surface area contributed by atoms with Crippen LogP contribution in [0.2, 0.25) is 0 Å². The fourth-order valence-corrected chi connectivity index (χ4v) is 1.86. The van der Waals surface area contributed by atoms with Gasteiger partial charge in [-0.3, -0.25) is 9.67 Å². The van der Waals surface area contributed by atoms with E-state index in [9.17, 15) is 0 Å². The maximum absolute atomic E-state index is 4.43. The van der Waals surface area contributed by atoms with Crippen molar-refractivity contribution in [2.75, 3.05) is 7.05 Å². The van der Waals surface area contributed by atoms with Gasteiger partial charge in [-0.05, 0) is 37.2 Å². The standard InChI is InChI=1S/C12H16N4/c1-9-8-14-6-4-10(9)12(13-2)11-5-7-16(3)15-11/h4-8,12-13H,1-3H3. The Morgan fingerprint density at radius 2 is 2.19 bits per heavy atom. The highest BCUT2D eigenvalue weighted by Crippen LogP contribution is 2.22. The molecule has 2 aromatic heterocycles. The molecule has 16 heavy (non-hydrogen) atoms. The summed E-state index contributed by atoms with van der Waals surface area (Å²) < 4.78 is 1.82. The zero-order valence-electron chi connectivity index (χ0n) is 9.81. The van der Waals surface area contributed by atoms with E-state index in [1.807, 2.05) is 49.5 Å². The summed E-state index contributed by atoms with van der Waals surface area (Å²) in [5.74, 6) is 0. The molecule has 84 valence electrons. The van der Waals surface area contributed by atoms with Gasteiger partial charge in [0, 0.05) is 25.6 Å². The molecule has 0 bridgehead atoms. The number of rotatable bonds is 3. The van der Waals surface area contributed by atoms with E-state index in [0.717, 1.165) is 5.69 Å². The van der Waals surface area contributed by atoms with Crippen molar-refractivity contribution in [1.29, 1.82) is 0 Å². The zero-order chi connectivity index (χ0) is 11.5. The van der Waals surface area contributed by atoms with Gasteiger partial charge >= 0.3 is 0 Å². The number of hydrogen-bond donors (Lipinski definition) is 1. The summed E-state index contributed by atoms with van der Waals surface area (Å²) in [7, 11) is 3.87. The number of aryl methyl sites for hydroxylation is 2. The van der Waals surface area contributed by atoms with Crippen LogP contribution in [0.1, 0.15) is 22.9 Å². The first-order valence-electron chi connectivity index (χ1n) is 5.29. The van der Waals surface area contributed by atoms with Crippen molar-refractivity contribution < 1.29 is 0 Å². The van der Waals surface area contributed by atoms with Crippen molar-refractivity contribution in [2.45, 2.75) is 13.0 Å². The van der Waals surface area contributed by atoms with Crippen LogP contribution in [0.15, 0.2) is 30.7 Å². The number of nitrogens with zero attached hydrogens (tertiary/aromatic N) is 3. The molecule has 0 spiro atoms. The second-order valence-electron chi connectivity index (χ2n) is 3.87. The molecule has 2 heterocycles. The number of hydrogen-bond acceptors (Lipinski definition) is 3. The number of pyridine rings is 1. The van der Waals surface area contributed by atoms with Gasteiger partial charge < -0.3 is 5.32 Å². The number of aromatic nitrogens is 3. The van der Waals surface area contributed by atoms with Crippen LogP contribution in [0.4, 0.5) is 0 Å². The summed E-state index contributed by atoms with van der Waals surface area (Å²) in [6, 6.07) is 4.19. The van der Waals surface area contributed by atoms with Gasteiger partial charge in [-0.15, -0.1) is 0 Å². The Labute approximate surface area is 95.3 Å². The summed E-state index contributed by atoms with van der Waals surface area (Å²) in [5, 5.41) is 7.72. The Hall–Kier alpha value is -1.68. The molecule has 0 aliphatic rings. The monoisotopic (exact) mass is 216 g/mol. The molecule has 4 heteroatoms. The third-order valence-corrected chi connectivity index (χ3v) is 2.69. The Kier molecular flexibility index (Phi) is 3.01. The van der Waals surface area contributed by atoms with E-state index in [4.69, 9.17) is 0 Å². The molecule has 0 saturated heterocycles. The van der Waals surface area contributed by atoms with Crippen LogP contribution in [-0.2, 0) is 7.05 Å². The van der Waals surface area contributed by atoms with E-state index >= 15 is 0 Å². The molecule has 0 aliphatic heterocycles. The Balaban J connectivity index is 2.40. The van der Waals surface area contributed by atoms with Crippen LogP contribution in [0.3, 0.4) is 0 Å². The van der Waals surface area contributed by atoms with E-state index < -0.39 is 0 Å². The quantitative estimate of drug-likeness (QED) is 0.844. The highest BCUT2D eigenvalue weighted by molar-refractivity contribution is 5.31. The third kappa shape index (κ3) is 1.97. The molecule has 2 rings (SSSR count). The van der Waals surface area contributed by atoms with E-state index in [1.54, 1.807) is 0 Å². The lowest BCUT2D eigenvalue weighted by Gasteiger charge is -2.16. The zero-order valence-corrected chi connectivity index (χ0v) is 9.81.